The highest BCUT2D eigenvalue weighted by molar-refractivity contribution is 5.73. The molecule has 2 heterocycles. The zero-order chi connectivity index (χ0) is 25.4. The van der Waals surface area contributed by atoms with Gasteiger partial charge in [-0.1, -0.05) is 54.6 Å². The Hall–Kier alpha value is -4.18. The Morgan fingerprint density at radius 3 is 1.05 bits per heavy atom. The molecule has 186 valence electrons. The monoisotopic (exact) mass is 486 g/mol. The molecule has 4 heteroatoms. The normalized spacial score (nSPS) is 15.8. The van der Waals surface area contributed by atoms with Crippen LogP contribution in [0.3, 0.4) is 0 Å². The van der Waals surface area contributed by atoms with Crippen molar-refractivity contribution < 1.29 is 0 Å². The summed E-state index contributed by atoms with van der Waals surface area (Å²) in [5.74, 6) is 2.47. The first-order valence-corrected chi connectivity index (χ1v) is 13.2. The third-order valence-electron chi connectivity index (χ3n) is 7.32. The largest absolute Gasteiger partial charge is 0.323 e. The zero-order valence-corrected chi connectivity index (χ0v) is 21.9. The first kappa shape index (κ1) is 23.2. The van der Waals surface area contributed by atoms with Crippen LogP contribution in [0.15, 0.2) is 115 Å². The SMILES string of the molecule is Cc1cccc(N2CCN(c3ccccc3)C2=C2N(c3cccc(C)c3)CCN2c2cccc(C)c2)c1. The average molecular weight is 487 g/mol. The van der Waals surface area contributed by atoms with E-state index in [1.54, 1.807) is 0 Å². The van der Waals surface area contributed by atoms with E-state index in [4.69, 9.17) is 0 Å². The van der Waals surface area contributed by atoms with Gasteiger partial charge in [0.2, 0.25) is 0 Å². The Bertz CT molecular complexity index is 1390. The van der Waals surface area contributed by atoms with Gasteiger partial charge in [-0.05, 0) is 86.0 Å². The van der Waals surface area contributed by atoms with Gasteiger partial charge in [0.15, 0.2) is 11.6 Å². The van der Waals surface area contributed by atoms with Crippen LogP contribution in [0.2, 0.25) is 0 Å². The fourth-order valence-corrected chi connectivity index (χ4v) is 5.60. The Balaban J connectivity index is 1.60. The van der Waals surface area contributed by atoms with Crippen LogP contribution in [0.1, 0.15) is 16.7 Å². The molecule has 2 fully saturated rings. The van der Waals surface area contributed by atoms with Crippen molar-refractivity contribution in [2.45, 2.75) is 20.8 Å². The molecule has 0 radical (unpaired) electrons. The van der Waals surface area contributed by atoms with Crippen LogP contribution in [-0.2, 0) is 0 Å². The maximum atomic E-state index is 2.51. The van der Waals surface area contributed by atoms with Crippen LogP contribution in [0.25, 0.3) is 0 Å². The molecule has 2 aliphatic rings. The van der Waals surface area contributed by atoms with E-state index in [9.17, 15) is 0 Å². The van der Waals surface area contributed by atoms with E-state index in [1.165, 1.54) is 51.1 Å². The number of aryl methyl sites for hydroxylation is 3. The quantitative estimate of drug-likeness (QED) is 0.305. The Morgan fingerprint density at radius 2 is 0.703 bits per heavy atom. The molecule has 0 saturated carbocycles. The van der Waals surface area contributed by atoms with Crippen molar-refractivity contribution >= 4 is 22.7 Å². The van der Waals surface area contributed by atoms with E-state index < -0.39 is 0 Å². The molecule has 4 nitrogen and oxygen atoms in total. The van der Waals surface area contributed by atoms with Gasteiger partial charge in [-0.25, -0.2) is 0 Å². The highest BCUT2D eigenvalue weighted by Crippen LogP contribution is 2.40. The van der Waals surface area contributed by atoms with Gasteiger partial charge < -0.3 is 19.6 Å². The molecule has 0 atom stereocenters. The van der Waals surface area contributed by atoms with E-state index in [-0.39, 0.29) is 0 Å². The molecule has 0 aliphatic carbocycles. The first-order chi connectivity index (χ1) is 18.1. The van der Waals surface area contributed by atoms with Crippen LogP contribution in [0, 0.1) is 20.8 Å². The lowest BCUT2D eigenvalue weighted by atomic mass is 10.2. The molecule has 2 aliphatic heterocycles. The third-order valence-corrected chi connectivity index (χ3v) is 7.32. The molecule has 0 aromatic heterocycles. The molecule has 0 amide bonds. The third kappa shape index (κ3) is 4.44. The summed E-state index contributed by atoms with van der Waals surface area (Å²) < 4.78 is 0. The van der Waals surface area contributed by atoms with Crippen LogP contribution >= 0.6 is 0 Å². The molecule has 4 aromatic carbocycles. The maximum Gasteiger partial charge on any atom is 0.156 e. The number of benzene rings is 4. The molecule has 37 heavy (non-hydrogen) atoms. The highest BCUT2D eigenvalue weighted by Gasteiger charge is 2.38. The Morgan fingerprint density at radius 1 is 0.378 bits per heavy atom. The lowest BCUT2D eigenvalue weighted by molar-refractivity contribution is 0.964. The van der Waals surface area contributed by atoms with Gasteiger partial charge in [-0.3, -0.25) is 0 Å². The van der Waals surface area contributed by atoms with Crippen molar-refractivity contribution in [1.82, 2.24) is 0 Å². The summed E-state index contributed by atoms with van der Waals surface area (Å²) in [5, 5.41) is 0. The topological polar surface area (TPSA) is 13.0 Å². The molecule has 0 N–H and O–H groups in total. The minimum Gasteiger partial charge on any atom is -0.323 e. The summed E-state index contributed by atoms with van der Waals surface area (Å²) in [4.78, 5) is 10.0. The second kappa shape index (κ2) is 9.70. The average Bonchev–Trinajstić information content (AvgIpc) is 3.54. The van der Waals surface area contributed by atoms with Crippen LogP contribution in [0.4, 0.5) is 22.7 Å². The molecule has 2 saturated heterocycles. The van der Waals surface area contributed by atoms with Crippen LogP contribution in [-0.4, -0.2) is 26.2 Å². The van der Waals surface area contributed by atoms with E-state index in [0.29, 0.717) is 0 Å². The second-order valence-corrected chi connectivity index (χ2v) is 10.1. The smallest absolute Gasteiger partial charge is 0.156 e. The summed E-state index contributed by atoms with van der Waals surface area (Å²) >= 11 is 0. The van der Waals surface area contributed by atoms with Gasteiger partial charge in [-0.2, -0.15) is 0 Å². The Labute approximate surface area is 220 Å². The minimum absolute atomic E-state index is 0.931. The number of hydrogen-bond donors (Lipinski definition) is 0. The number of nitrogens with zero attached hydrogens (tertiary/aromatic N) is 4. The van der Waals surface area contributed by atoms with Gasteiger partial charge in [0, 0.05) is 48.9 Å². The van der Waals surface area contributed by atoms with Crippen LogP contribution in [0.5, 0.6) is 0 Å². The van der Waals surface area contributed by atoms with E-state index in [2.05, 4.69) is 143 Å². The summed E-state index contributed by atoms with van der Waals surface area (Å²) in [6.45, 7) is 10.3. The lowest BCUT2D eigenvalue weighted by Gasteiger charge is -2.34. The predicted molar refractivity (Wildman–Crippen MR) is 156 cm³/mol. The van der Waals surface area contributed by atoms with Crippen molar-refractivity contribution in [3.05, 3.63) is 131 Å². The van der Waals surface area contributed by atoms with Crippen LogP contribution < -0.4 is 19.6 Å². The van der Waals surface area contributed by atoms with Crippen molar-refractivity contribution in [3.63, 3.8) is 0 Å². The summed E-state index contributed by atoms with van der Waals surface area (Å²) in [5.41, 5.74) is 8.76. The first-order valence-electron chi connectivity index (χ1n) is 13.2. The molecule has 0 bridgehead atoms. The lowest BCUT2D eigenvalue weighted by Crippen LogP contribution is -2.34. The molecule has 0 unspecified atom stereocenters. The summed E-state index contributed by atoms with van der Waals surface area (Å²) in [6, 6.07) is 37.5. The van der Waals surface area contributed by atoms with E-state index >= 15 is 0 Å². The Kier molecular flexibility index (Phi) is 6.09. The molecule has 4 aromatic rings. The fraction of sp³-hybridized carbons (Fsp3) is 0.212. The second-order valence-electron chi connectivity index (χ2n) is 10.1. The van der Waals surface area contributed by atoms with Crippen molar-refractivity contribution in [3.8, 4) is 0 Å². The highest BCUT2D eigenvalue weighted by atomic mass is 15.5. The fourth-order valence-electron chi connectivity index (χ4n) is 5.60. The van der Waals surface area contributed by atoms with E-state index in [0.717, 1.165) is 26.2 Å². The number of para-hydroxylation sites is 1. The summed E-state index contributed by atoms with van der Waals surface area (Å²) in [7, 11) is 0. The van der Waals surface area contributed by atoms with Gasteiger partial charge in [0.05, 0.1) is 0 Å². The van der Waals surface area contributed by atoms with E-state index in [1.807, 2.05) is 0 Å². The van der Waals surface area contributed by atoms with Gasteiger partial charge in [0.25, 0.3) is 0 Å². The van der Waals surface area contributed by atoms with Gasteiger partial charge in [-0.15, -0.1) is 0 Å². The number of anilines is 4. The van der Waals surface area contributed by atoms with Gasteiger partial charge in [0.1, 0.15) is 0 Å². The predicted octanol–water partition coefficient (Wildman–Crippen LogP) is 7.09. The molecule has 6 rings (SSSR count). The molecular weight excluding hydrogens is 452 g/mol. The minimum atomic E-state index is 0.931. The number of rotatable bonds is 4. The molecular formula is C33H34N4. The van der Waals surface area contributed by atoms with Crippen molar-refractivity contribution in [2.75, 3.05) is 45.8 Å². The van der Waals surface area contributed by atoms with Gasteiger partial charge >= 0.3 is 0 Å². The standard InChI is InChI=1S/C33H34N4/c1-25-10-7-15-29(22-25)35-19-18-34(28-13-5-4-6-14-28)32(35)33-36(30-16-8-11-26(2)23-30)20-21-37(33)31-17-9-12-27(3)24-31/h4-17,22-24H,18-21H2,1-3H3. The van der Waals surface area contributed by atoms with Crippen molar-refractivity contribution in [1.29, 1.82) is 0 Å². The maximum absolute atomic E-state index is 2.51. The zero-order valence-electron chi connectivity index (χ0n) is 21.9. The number of hydrogen-bond acceptors (Lipinski definition) is 4. The summed E-state index contributed by atoms with van der Waals surface area (Å²) in [6.07, 6.45) is 0. The molecule has 0 spiro atoms. The van der Waals surface area contributed by atoms with Crippen molar-refractivity contribution in [2.24, 2.45) is 0 Å².